The van der Waals surface area contributed by atoms with Crippen LogP contribution in [-0.4, -0.2) is 13.1 Å². The Kier molecular flexibility index (Phi) is 4.75. The lowest BCUT2D eigenvalue weighted by atomic mass is 10.0. The van der Waals surface area contributed by atoms with Gasteiger partial charge in [-0.15, -0.1) is 11.6 Å². The molecular weight excluding hydrogens is 298 g/mol. The lowest BCUT2D eigenvalue weighted by molar-refractivity contribution is 0.521. The van der Waals surface area contributed by atoms with E-state index in [-0.39, 0.29) is 0 Å². The summed E-state index contributed by atoms with van der Waals surface area (Å²) in [5.74, 6) is 1.44. The van der Waals surface area contributed by atoms with E-state index in [1.165, 1.54) is 30.5 Å². The molecule has 0 amide bonds. The molecule has 1 saturated heterocycles. The molecule has 0 N–H and O–H groups in total. The third-order valence-electron chi connectivity index (χ3n) is 3.54. The van der Waals surface area contributed by atoms with Crippen LogP contribution in [0, 0.1) is 5.92 Å². The summed E-state index contributed by atoms with van der Waals surface area (Å²) in [6.45, 7) is 4.68. The Morgan fingerprint density at radius 2 is 2.18 bits per heavy atom. The predicted octanol–water partition coefficient (Wildman–Crippen LogP) is 4.81. The quantitative estimate of drug-likeness (QED) is 0.707. The first kappa shape index (κ1) is 13.2. The molecular formula is C14H19BrClN. The summed E-state index contributed by atoms with van der Waals surface area (Å²) in [7, 11) is 0. The number of halogens is 2. The molecule has 1 fully saturated rings. The van der Waals surface area contributed by atoms with Crippen molar-refractivity contribution in [3.63, 3.8) is 0 Å². The molecule has 17 heavy (non-hydrogen) atoms. The van der Waals surface area contributed by atoms with Gasteiger partial charge >= 0.3 is 0 Å². The van der Waals surface area contributed by atoms with Crippen molar-refractivity contribution in [1.82, 2.24) is 0 Å². The molecule has 0 aliphatic carbocycles. The van der Waals surface area contributed by atoms with Gasteiger partial charge in [0.2, 0.25) is 0 Å². The fraction of sp³-hybridized carbons (Fsp3) is 0.571. The normalized spacial score (nSPS) is 21.4. The van der Waals surface area contributed by atoms with Crippen LogP contribution in [0.15, 0.2) is 22.7 Å². The molecule has 1 aliphatic rings. The third-order valence-corrected chi connectivity index (χ3v) is 4.32. The molecule has 1 nitrogen and oxygen atoms in total. The van der Waals surface area contributed by atoms with Crippen LogP contribution in [0.5, 0.6) is 0 Å². The molecule has 1 aromatic carbocycles. The Labute approximate surface area is 117 Å². The Hall–Kier alpha value is -0.210. The van der Waals surface area contributed by atoms with Crippen molar-refractivity contribution >= 4 is 33.2 Å². The zero-order chi connectivity index (χ0) is 12.3. The van der Waals surface area contributed by atoms with Crippen LogP contribution < -0.4 is 4.90 Å². The van der Waals surface area contributed by atoms with Gasteiger partial charge < -0.3 is 4.90 Å². The molecule has 1 atom stereocenters. The van der Waals surface area contributed by atoms with Gasteiger partial charge in [-0.3, -0.25) is 0 Å². The van der Waals surface area contributed by atoms with E-state index in [2.05, 4.69) is 46.0 Å². The largest absolute Gasteiger partial charge is 0.371 e. The van der Waals surface area contributed by atoms with E-state index in [0.717, 1.165) is 23.5 Å². The summed E-state index contributed by atoms with van der Waals surface area (Å²) >= 11 is 9.55. The lowest BCUT2D eigenvalue weighted by Crippen LogP contribution is -2.25. The monoisotopic (exact) mass is 315 g/mol. The highest BCUT2D eigenvalue weighted by Crippen LogP contribution is 2.29. The molecule has 2 rings (SSSR count). The van der Waals surface area contributed by atoms with Crippen LogP contribution in [0.2, 0.25) is 0 Å². The van der Waals surface area contributed by atoms with E-state index in [1.54, 1.807) is 0 Å². The van der Waals surface area contributed by atoms with Gasteiger partial charge in [-0.25, -0.2) is 0 Å². The van der Waals surface area contributed by atoms with Gasteiger partial charge in [0.25, 0.3) is 0 Å². The number of nitrogens with zero attached hydrogens (tertiary/aromatic N) is 1. The fourth-order valence-electron chi connectivity index (χ4n) is 2.47. The van der Waals surface area contributed by atoms with Gasteiger partial charge in [-0.1, -0.05) is 22.9 Å². The smallest absolute Gasteiger partial charge is 0.0494 e. The van der Waals surface area contributed by atoms with Crippen molar-refractivity contribution in [2.45, 2.75) is 32.1 Å². The second-order valence-corrected chi connectivity index (χ2v) is 6.11. The van der Waals surface area contributed by atoms with Crippen molar-refractivity contribution in [1.29, 1.82) is 0 Å². The number of alkyl halides is 1. The van der Waals surface area contributed by atoms with E-state index in [0.29, 0.717) is 5.88 Å². The maximum absolute atomic E-state index is 6.05. The van der Waals surface area contributed by atoms with Crippen LogP contribution in [-0.2, 0) is 5.88 Å². The van der Waals surface area contributed by atoms with Gasteiger partial charge in [-0.2, -0.15) is 0 Å². The number of benzene rings is 1. The van der Waals surface area contributed by atoms with Crippen molar-refractivity contribution in [2.75, 3.05) is 18.0 Å². The second-order valence-electron chi connectivity index (χ2n) is 4.93. The molecule has 1 aliphatic heterocycles. The standard InChI is InChI=1S/C14H19BrClN/c1-11-3-2-7-17(8-6-11)14-5-4-13(15)9-12(14)10-16/h4-5,9,11H,2-3,6-8,10H2,1H3. The summed E-state index contributed by atoms with van der Waals surface area (Å²) in [6, 6.07) is 6.44. The SMILES string of the molecule is CC1CCCN(c2ccc(Br)cc2CCl)CC1. The average Bonchev–Trinajstić information content (AvgIpc) is 2.54. The topological polar surface area (TPSA) is 3.24 Å². The van der Waals surface area contributed by atoms with Crippen molar-refractivity contribution in [3.8, 4) is 0 Å². The van der Waals surface area contributed by atoms with Crippen LogP contribution in [0.1, 0.15) is 31.7 Å². The molecule has 1 heterocycles. The minimum atomic E-state index is 0.584. The number of hydrogen-bond acceptors (Lipinski definition) is 1. The lowest BCUT2D eigenvalue weighted by Gasteiger charge is -2.25. The molecule has 0 bridgehead atoms. The van der Waals surface area contributed by atoms with Gasteiger partial charge in [-0.05, 0) is 48.9 Å². The Bertz CT molecular complexity index is 380. The first-order chi connectivity index (χ1) is 8.20. The zero-order valence-corrected chi connectivity index (χ0v) is 12.6. The molecule has 0 aromatic heterocycles. The summed E-state index contributed by atoms with van der Waals surface area (Å²) in [4.78, 5) is 2.49. The first-order valence-corrected chi connectivity index (χ1v) is 7.63. The highest BCUT2D eigenvalue weighted by Gasteiger charge is 2.16. The summed E-state index contributed by atoms with van der Waals surface area (Å²) < 4.78 is 1.11. The molecule has 3 heteroatoms. The fourth-order valence-corrected chi connectivity index (χ4v) is 3.10. The number of hydrogen-bond donors (Lipinski definition) is 0. The van der Waals surface area contributed by atoms with E-state index >= 15 is 0 Å². The van der Waals surface area contributed by atoms with Crippen LogP contribution in [0.25, 0.3) is 0 Å². The van der Waals surface area contributed by atoms with E-state index in [1.807, 2.05) is 0 Å². The summed E-state index contributed by atoms with van der Waals surface area (Å²) in [6.07, 6.45) is 3.93. The molecule has 1 aromatic rings. The van der Waals surface area contributed by atoms with Crippen molar-refractivity contribution in [3.05, 3.63) is 28.2 Å². The van der Waals surface area contributed by atoms with Gasteiger partial charge in [0.15, 0.2) is 0 Å². The van der Waals surface area contributed by atoms with Crippen molar-refractivity contribution in [2.24, 2.45) is 5.92 Å². The molecule has 0 spiro atoms. The highest BCUT2D eigenvalue weighted by molar-refractivity contribution is 9.10. The maximum atomic E-state index is 6.05. The Balaban J connectivity index is 2.20. The zero-order valence-electron chi connectivity index (χ0n) is 10.3. The minimum absolute atomic E-state index is 0.584. The Morgan fingerprint density at radius 1 is 1.35 bits per heavy atom. The predicted molar refractivity (Wildman–Crippen MR) is 78.9 cm³/mol. The molecule has 0 radical (unpaired) electrons. The Morgan fingerprint density at radius 3 is 2.94 bits per heavy atom. The highest BCUT2D eigenvalue weighted by atomic mass is 79.9. The second kappa shape index (κ2) is 6.10. The summed E-state index contributed by atoms with van der Waals surface area (Å²) in [5.41, 5.74) is 2.55. The van der Waals surface area contributed by atoms with Gasteiger partial charge in [0.1, 0.15) is 0 Å². The van der Waals surface area contributed by atoms with Crippen LogP contribution >= 0.6 is 27.5 Å². The van der Waals surface area contributed by atoms with Gasteiger partial charge in [0, 0.05) is 29.1 Å². The van der Waals surface area contributed by atoms with E-state index in [4.69, 9.17) is 11.6 Å². The maximum Gasteiger partial charge on any atom is 0.0494 e. The number of rotatable bonds is 2. The van der Waals surface area contributed by atoms with Crippen LogP contribution in [0.3, 0.4) is 0 Å². The third kappa shape index (κ3) is 3.38. The van der Waals surface area contributed by atoms with Crippen molar-refractivity contribution < 1.29 is 0 Å². The average molecular weight is 317 g/mol. The summed E-state index contributed by atoms with van der Waals surface area (Å²) in [5, 5.41) is 0. The van der Waals surface area contributed by atoms with E-state index in [9.17, 15) is 0 Å². The molecule has 1 unspecified atom stereocenters. The van der Waals surface area contributed by atoms with Crippen LogP contribution in [0.4, 0.5) is 5.69 Å². The molecule has 94 valence electrons. The molecule has 0 saturated carbocycles. The van der Waals surface area contributed by atoms with Gasteiger partial charge in [0.05, 0.1) is 0 Å². The minimum Gasteiger partial charge on any atom is -0.371 e. The first-order valence-electron chi connectivity index (χ1n) is 6.30. The number of anilines is 1. The van der Waals surface area contributed by atoms with E-state index < -0.39 is 0 Å².